The smallest absolute Gasteiger partial charge is 0.306 e. The van der Waals surface area contributed by atoms with Crippen LogP contribution in [-0.4, -0.2) is 44.8 Å². The predicted octanol–water partition coefficient (Wildman–Crippen LogP) is 2.85. The first kappa shape index (κ1) is 20.5. The van der Waals surface area contributed by atoms with Gasteiger partial charge < -0.3 is 19.5 Å². The van der Waals surface area contributed by atoms with E-state index in [1.54, 1.807) is 18.2 Å². The van der Waals surface area contributed by atoms with Crippen LogP contribution < -0.4 is 10.1 Å². The highest BCUT2D eigenvalue weighted by atomic mass is 35.5. The topological polar surface area (TPSA) is 73.9 Å². The largest absolute Gasteiger partial charge is 0.492 e. The van der Waals surface area contributed by atoms with Crippen LogP contribution in [0.1, 0.15) is 19.8 Å². The van der Waals surface area contributed by atoms with E-state index in [4.69, 9.17) is 37.4 Å². The molecular formula is C16H21Cl2NO5. The number of hydrogen-bond donors (Lipinski definition) is 1. The summed E-state index contributed by atoms with van der Waals surface area (Å²) in [5, 5.41) is 3.53. The molecule has 0 unspecified atom stereocenters. The Bertz CT molecular complexity index is 553. The number of esters is 1. The van der Waals surface area contributed by atoms with Crippen molar-refractivity contribution >= 4 is 35.1 Å². The van der Waals surface area contributed by atoms with Crippen molar-refractivity contribution in [2.75, 3.05) is 26.9 Å². The molecule has 0 radical (unpaired) electrons. The summed E-state index contributed by atoms with van der Waals surface area (Å²) in [5.74, 6) is -0.319. The van der Waals surface area contributed by atoms with Gasteiger partial charge in [0.2, 0.25) is 0 Å². The van der Waals surface area contributed by atoms with Gasteiger partial charge in [0.15, 0.2) is 6.10 Å². The Morgan fingerprint density at radius 2 is 2.00 bits per heavy atom. The zero-order valence-corrected chi connectivity index (χ0v) is 15.2. The van der Waals surface area contributed by atoms with E-state index in [1.807, 2.05) is 0 Å². The molecule has 0 aliphatic carbocycles. The predicted molar refractivity (Wildman–Crippen MR) is 91.6 cm³/mol. The zero-order valence-electron chi connectivity index (χ0n) is 13.6. The fourth-order valence-electron chi connectivity index (χ4n) is 1.72. The van der Waals surface area contributed by atoms with Crippen LogP contribution in [0.4, 0.5) is 0 Å². The molecule has 1 atom stereocenters. The van der Waals surface area contributed by atoms with Gasteiger partial charge >= 0.3 is 5.97 Å². The van der Waals surface area contributed by atoms with Crippen LogP contribution in [0.5, 0.6) is 5.75 Å². The highest BCUT2D eigenvalue weighted by molar-refractivity contribution is 6.35. The minimum Gasteiger partial charge on any atom is -0.492 e. The molecule has 134 valence electrons. The first-order chi connectivity index (χ1) is 11.4. The Morgan fingerprint density at radius 3 is 2.67 bits per heavy atom. The minimum atomic E-state index is -0.846. The van der Waals surface area contributed by atoms with E-state index >= 15 is 0 Å². The van der Waals surface area contributed by atoms with Crippen LogP contribution in [0.3, 0.4) is 0 Å². The van der Waals surface area contributed by atoms with E-state index in [0.717, 1.165) is 0 Å². The van der Waals surface area contributed by atoms with Gasteiger partial charge in [-0.05, 0) is 31.5 Å². The van der Waals surface area contributed by atoms with Crippen LogP contribution in [0.15, 0.2) is 18.2 Å². The Kier molecular flexibility index (Phi) is 9.52. The molecule has 1 aromatic rings. The normalized spacial score (nSPS) is 11.7. The van der Waals surface area contributed by atoms with Gasteiger partial charge in [0, 0.05) is 25.1 Å². The minimum absolute atomic E-state index is 0.140. The fraction of sp³-hybridized carbons (Fsp3) is 0.500. The van der Waals surface area contributed by atoms with Crippen LogP contribution in [0.2, 0.25) is 10.0 Å². The van der Waals surface area contributed by atoms with E-state index in [1.165, 1.54) is 14.0 Å². The highest BCUT2D eigenvalue weighted by Gasteiger charge is 2.17. The second-order valence-corrected chi connectivity index (χ2v) is 5.79. The summed E-state index contributed by atoms with van der Waals surface area (Å²) in [6.45, 7) is 2.58. The maximum atomic E-state index is 11.7. The van der Waals surface area contributed by atoms with Gasteiger partial charge in [-0.15, -0.1) is 0 Å². The lowest BCUT2D eigenvalue weighted by molar-refractivity contribution is -0.155. The number of halogens is 2. The molecule has 1 N–H and O–H groups in total. The molecule has 0 spiro atoms. The van der Waals surface area contributed by atoms with Gasteiger partial charge in [-0.3, -0.25) is 9.59 Å². The van der Waals surface area contributed by atoms with E-state index in [2.05, 4.69) is 5.32 Å². The lowest BCUT2D eigenvalue weighted by Gasteiger charge is -2.13. The van der Waals surface area contributed by atoms with Crippen LogP contribution in [0, 0.1) is 0 Å². The number of nitrogens with one attached hydrogen (secondary N) is 1. The van der Waals surface area contributed by atoms with E-state index in [0.29, 0.717) is 42.0 Å². The van der Waals surface area contributed by atoms with Gasteiger partial charge in [-0.2, -0.15) is 0 Å². The number of hydrogen-bond acceptors (Lipinski definition) is 5. The van der Waals surface area contributed by atoms with Crippen molar-refractivity contribution in [2.45, 2.75) is 25.9 Å². The molecule has 24 heavy (non-hydrogen) atoms. The van der Waals surface area contributed by atoms with Gasteiger partial charge in [0.1, 0.15) is 5.75 Å². The van der Waals surface area contributed by atoms with Crippen molar-refractivity contribution in [3.8, 4) is 5.75 Å². The number of amides is 1. The molecule has 0 fully saturated rings. The second-order valence-electron chi connectivity index (χ2n) is 4.94. The summed E-state index contributed by atoms with van der Waals surface area (Å²) in [6, 6.07) is 4.91. The van der Waals surface area contributed by atoms with E-state index < -0.39 is 12.1 Å². The summed E-state index contributed by atoms with van der Waals surface area (Å²) in [7, 11) is 1.54. The molecule has 1 rings (SSSR count). The lowest BCUT2D eigenvalue weighted by Crippen LogP contribution is -2.37. The number of benzene rings is 1. The molecule has 0 aliphatic rings. The van der Waals surface area contributed by atoms with Gasteiger partial charge in [0.25, 0.3) is 5.91 Å². The number of ether oxygens (including phenoxy) is 3. The lowest BCUT2D eigenvalue weighted by atomic mass is 10.3. The highest BCUT2D eigenvalue weighted by Crippen LogP contribution is 2.27. The van der Waals surface area contributed by atoms with Crippen LogP contribution in [0.25, 0.3) is 0 Å². The van der Waals surface area contributed by atoms with Gasteiger partial charge in [-0.1, -0.05) is 23.2 Å². The number of rotatable bonds is 10. The van der Waals surface area contributed by atoms with Crippen molar-refractivity contribution in [1.82, 2.24) is 5.32 Å². The molecule has 8 heteroatoms. The van der Waals surface area contributed by atoms with Crippen LogP contribution in [-0.2, 0) is 19.1 Å². The van der Waals surface area contributed by atoms with Crippen molar-refractivity contribution < 1.29 is 23.8 Å². The zero-order chi connectivity index (χ0) is 17.9. The third-order valence-corrected chi connectivity index (χ3v) is 3.49. The molecule has 1 aromatic carbocycles. The third kappa shape index (κ3) is 7.86. The first-order valence-electron chi connectivity index (χ1n) is 7.48. The quantitative estimate of drug-likeness (QED) is 0.501. The van der Waals surface area contributed by atoms with Crippen molar-refractivity contribution in [3.63, 3.8) is 0 Å². The summed E-state index contributed by atoms with van der Waals surface area (Å²) in [5.41, 5.74) is 0. The Morgan fingerprint density at radius 1 is 1.25 bits per heavy atom. The molecule has 0 saturated heterocycles. The number of carbonyl (C=O) groups is 2. The molecular weight excluding hydrogens is 357 g/mol. The Labute approximate surface area is 151 Å². The average Bonchev–Trinajstić information content (AvgIpc) is 2.53. The SMILES string of the molecule is COCCNC(=O)[C@@H](C)OC(=O)CCCOc1ccc(Cl)cc1Cl. The molecule has 0 aromatic heterocycles. The Hall–Kier alpha value is -1.50. The Balaban J connectivity index is 2.22. The first-order valence-corrected chi connectivity index (χ1v) is 8.23. The summed E-state index contributed by atoms with van der Waals surface area (Å²) < 4.78 is 15.3. The maximum Gasteiger partial charge on any atom is 0.306 e. The van der Waals surface area contributed by atoms with Gasteiger partial charge in [-0.25, -0.2) is 0 Å². The number of methoxy groups -OCH3 is 1. The van der Waals surface area contributed by atoms with E-state index in [-0.39, 0.29) is 12.3 Å². The number of carbonyl (C=O) groups excluding carboxylic acids is 2. The summed E-state index contributed by atoms with van der Waals surface area (Å²) in [6.07, 6.45) is -0.266. The average molecular weight is 378 g/mol. The molecule has 0 saturated carbocycles. The van der Waals surface area contributed by atoms with Crippen molar-refractivity contribution in [1.29, 1.82) is 0 Å². The fourth-order valence-corrected chi connectivity index (χ4v) is 2.18. The summed E-state index contributed by atoms with van der Waals surface area (Å²) >= 11 is 11.8. The monoisotopic (exact) mass is 377 g/mol. The second kappa shape index (κ2) is 11.1. The van der Waals surface area contributed by atoms with Crippen molar-refractivity contribution in [2.24, 2.45) is 0 Å². The molecule has 1 amide bonds. The molecule has 0 aliphatic heterocycles. The van der Waals surface area contributed by atoms with Crippen LogP contribution >= 0.6 is 23.2 Å². The van der Waals surface area contributed by atoms with E-state index in [9.17, 15) is 9.59 Å². The standard InChI is InChI=1S/C16H21Cl2NO5/c1-11(16(21)19-7-9-22-2)24-15(20)4-3-8-23-14-6-5-12(17)10-13(14)18/h5-6,10-11H,3-4,7-9H2,1-2H3,(H,19,21)/t11-/m1/s1. The van der Waals surface area contributed by atoms with Crippen molar-refractivity contribution in [3.05, 3.63) is 28.2 Å². The molecule has 0 heterocycles. The third-order valence-electron chi connectivity index (χ3n) is 2.96. The molecule has 6 nitrogen and oxygen atoms in total. The summed E-state index contributed by atoms with van der Waals surface area (Å²) in [4.78, 5) is 23.3. The molecule has 0 bridgehead atoms. The maximum absolute atomic E-state index is 11.7. The van der Waals surface area contributed by atoms with Gasteiger partial charge in [0.05, 0.1) is 18.2 Å².